The highest BCUT2D eigenvalue weighted by molar-refractivity contribution is 5.82. The average Bonchev–Trinajstić information content (AvgIpc) is 2.68. The van der Waals surface area contributed by atoms with Gasteiger partial charge in [-0.3, -0.25) is 9.59 Å². The zero-order valence-corrected chi connectivity index (χ0v) is 16.1. The molecule has 5 heteroatoms. The summed E-state index contributed by atoms with van der Waals surface area (Å²) < 4.78 is 13.3. The third-order valence-corrected chi connectivity index (χ3v) is 5.70. The minimum absolute atomic E-state index is 0.0379. The average molecular weight is 383 g/mol. The molecule has 1 unspecified atom stereocenters. The molecule has 1 N–H and O–H groups in total. The van der Waals surface area contributed by atoms with E-state index in [-0.39, 0.29) is 17.6 Å². The molecule has 2 aromatic rings. The summed E-state index contributed by atoms with van der Waals surface area (Å²) in [6.45, 7) is 2.86. The van der Waals surface area contributed by atoms with E-state index in [1.807, 2.05) is 43.3 Å². The van der Waals surface area contributed by atoms with Gasteiger partial charge in [-0.2, -0.15) is 0 Å². The second-order valence-corrected chi connectivity index (χ2v) is 7.78. The van der Waals surface area contributed by atoms with Gasteiger partial charge in [0.2, 0.25) is 5.91 Å². The van der Waals surface area contributed by atoms with Gasteiger partial charge in [-0.25, -0.2) is 4.39 Å². The molecule has 4 nitrogen and oxygen atoms in total. The van der Waals surface area contributed by atoms with Crippen molar-refractivity contribution in [3.8, 4) is 0 Å². The van der Waals surface area contributed by atoms with Crippen molar-refractivity contribution in [1.82, 2.24) is 4.90 Å². The van der Waals surface area contributed by atoms with Crippen LogP contribution in [0, 0.1) is 11.7 Å². The number of aliphatic carboxylic acids is 1. The second kappa shape index (κ2) is 8.55. The van der Waals surface area contributed by atoms with Crippen LogP contribution in [0.2, 0.25) is 0 Å². The van der Waals surface area contributed by atoms with Crippen molar-refractivity contribution in [2.24, 2.45) is 5.92 Å². The number of carbonyl (C=O) groups is 2. The van der Waals surface area contributed by atoms with Crippen molar-refractivity contribution in [3.63, 3.8) is 0 Å². The zero-order valence-electron chi connectivity index (χ0n) is 16.1. The Morgan fingerprint density at radius 2 is 1.79 bits per heavy atom. The molecule has 1 aliphatic heterocycles. The Labute approximate surface area is 165 Å². The van der Waals surface area contributed by atoms with Crippen LogP contribution in [0.5, 0.6) is 0 Å². The highest BCUT2D eigenvalue weighted by Gasteiger charge is 2.43. The van der Waals surface area contributed by atoms with Crippen molar-refractivity contribution in [2.45, 2.75) is 38.0 Å². The first-order chi connectivity index (χ1) is 13.4. The molecule has 0 spiro atoms. The number of amides is 1. The number of carboxylic acid groups (broad SMARTS) is 1. The highest BCUT2D eigenvalue weighted by Crippen LogP contribution is 2.36. The van der Waals surface area contributed by atoms with E-state index in [4.69, 9.17) is 0 Å². The van der Waals surface area contributed by atoms with Crippen molar-refractivity contribution in [3.05, 3.63) is 71.5 Å². The number of nitrogens with zero attached hydrogens (tertiary/aromatic N) is 1. The molecule has 1 saturated heterocycles. The maximum Gasteiger partial charge on any atom is 0.314 e. The fraction of sp³-hybridized carbons (Fsp3) is 0.391. The molecule has 0 aliphatic carbocycles. The molecule has 1 aliphatic rings. The first-order valence-corrected chi connectivity index (χ1v) is 9.72. The summed E-state index contributed by atoms with van der Waals surface area (Å²) in [6, 6.07) is 15.7. The Balaban J connectivity index is 1.59. The van der Waals surface area contributed by atoms with Crippen molar-refractivity contribution in [2.75, 3.05) is 13.1 Å². The Kier molecular flexibility index (Phi) is 6.12. The SMILES string of the molecule is CC(CC(=O)N1CCC(C(=O)O)(c2ccccc2)CC1)Cc1cccc(F)c1. The lowest BCUT2D eigenvalue weighted by molar-refractivity contribution is -0.148. The summed E-state index contributed by atoms with van der Waals surface area (Å²) >= 11 is 0. The molecular formula is C23H26FNO3. The van der Waals surface area contributed by atoms with Gasteiger partial charge in [0.05, 0.1) is 5.41 Å². The van der Waals surface area contributed by atoms with Crippen LogP contribution in [0.1, 0.15) is 37.3 Å². The molecule has 1 atom stereocenters. The maximum absolute atomic E-state index is 13.3. The van der Waals surface area contributed by atoms with Gasteiger partial charge >= 0.3 is 5.97 Å². The van der Waals surface area contributed by atoms with E-state index in [0.29, 0.717) is 38.8 Å². The van der Waals surface area contributed by atoms with Gasteiger partial charge in [-0.15, -0.1) is 0 Å². The number of carboxylic acids is 1. The van der Waals surface area contributed by atoms with Crippen molar-refractivity contribution >= 4 is 11.9 Å². The first kappa shape index (κ1) is 20.1. The van der Waals surface area contributed by atoms with Gasteiger partial charge in [0.25, 0.3) is 0 Å². The molecule has 0 radical (unpaired) electrons. The van der Waals surface area contributed by atoms with E-state index in [2.05, 4.69) is 0 Å². The number of carbonyl (C=O) groups excluding carboxylic acids is 1. The summed E-state index contributed by atoms with van der Waals surface area (Å²) in [5, 5.41) is 9.86. The van der Waals surface area contributed by atoms with E-state index < -0.39 is 11.4 Å². The number of halogens is 1. The number of hydrogen-bond donors (Lipinski definition) is 1. The van der Waals surface area contributed by atoms with Gasteiger partial charge in [0.1, 0.15) is 5.82 Å². The summed E-state index contributed by atoms with van der Waals surface area (Å²) in [7, 11) is 0. The third kappa shape index (κ3) is 4.41. The van der Waals surface area contributed by atoms with Gasteiger partial charge < -0.3 is 10.0 Å². The lowest BCUT2D eigenvalue weighted by Crippen LogP contribution is -2.49. The molecule has 148 valence electrons. The van der Waals surface area contributed by atoms with Crippen LogP contribution in [-0.2, 0) is 21.4 Å². The lowest BCUT2D eigenvalue weighted by Gasteiger charge is -2.39. The Morgan fingerprint density at radius 3 is 2.39 bits per heavy atom. The van der Waals surface area contributed by atoms with Gasteiger partial charge in [0.15, 0.2) is 0 Å². The van der Waals surface area contributed by atoms with Crippen molar-refractivity contribution in [1.29, 1.82) is 0 Å². The van der Waals surface area contributed by atoms with Crippen LogP contribution in [0.15, 0.2) is 54.6 Å². The van der Waals surface area contributed by atoms with Crippen LogP contribution < -0.4 is 0 Å². The van der Waals surface area contributed by atoms with Crippen LogP contribution in [0.25, 0.3) is 0 Å². The van der Waals surface area contributed by atoms with Crippen LogP contribution in [-0.4, -0.2) is 35.0 Å². The van der Waals surface area contributed by atoms with Gasteiger partial charge in [-0.1, -0.05) is 49.4 Å². The fourth-order valence-corrected chi connectivity index (χ4v) is 4.09. The number of piperidine rings is 1. The predicted molar refractivity (Wildman–Crippen MR) is 105 cm³/mol. The third-order valence-electron chi connectivity index (χ3n) is 5.70. The van der Waals surface area contributed by atoms with Gasteiger partial charge in [0, 0.05) is 19.5 Å². The molecule has 0 aromatic heterocycles. The molecule has 1 heterocycles. The lowest BCUT2D eigenvalue weighted by atomic mass is 9.72. The quantitative estimate of drug-likeness (QED) is 0.819. The summed E-state index contributed by atoms with van der Waals surface area (Å²) in [6.07, 6.45) is 1.84. The minimum Gasteiger partial charge on any atom is -0.481 e. The van der Waals surface area contributed by atoms with Crippen LogP contribution in [0.4, 0.5) is 4.39 Å². The summed E-state index contributed by atoms with van der Waals surface area (Å²) in [5.41, 5.74) is 0.757. The van der Waals surface area contributed by atoms with E-state index in [9.17, 15) is 19.1 Å². The topological polar surface area (TPSA) is 57.6 Å². The molecule has 3 rings (SSSR count). The van der Waals surface area contributed by atoms with E-state index in [1.54, 1.807) is 11.0 Å². The fourth-order valence-electron chi connectivity index (χ4n) is 4.09. The number of benzene rings is 2. The number of hydrogen-bond acceptors (Lipinski definition) is 2. The molecular weight excluding hydrogens is 357 g/mol. The Morgan fingerprint density at radius 1 is 1.11 bits per heavy atom. The Bertz CT molecular complexity index is 829. The van der Waals surface area contributed by atoms with E-state index in [0.717, 1.165) is 11.1 Å². The van der Waals surface area contributed by atoms with Crippen molar-refractivity contribution < 1.29 is 19.1 Å². The minimum atomic E-state index is -0.925. The summed E-state index contributed by atoms with van der Waals surface area (Å²) in [4.78, 5) is 26.5. The molecule has 0 saturated carbocycles. The van der Waals surface area contributed by atoms with Gasteiger partial charge in [-0.05, 0) is 48.4 Å². The van der Waals surface area contributed by atoms with Crippen LogP contribution in [0.3, 0.4) is 0 Å². The second-order valence-electron chi connectivity index (χ2n) is 7.78. The molecule has 2 aromatic carbocycles. The van der Waals surface area contributed by atoms with E-state index in [1.165, 1.54) is 12.1 Å². The number of likely N-dealkylation sites (tertiary alicyclic amines) is 1. The van der Waals surface area contributed by atoms with E-state index >= 15 is 0 Å². The maximum atomic E-state index is 13.3. The largest absolute Gasteiger partial charge is 0.481 e. The highest BCUT2D eigenvalue weighted by atomic mass is 19.1. The normalized spacial score (nSPS) is 17.1. The zero-order chi connectivity index (χ0) is 20.1. The van der Waals surface area contributed by atoms with Crippen LogP contribution >= 0.6 is 0 Å². The molecule has 1 amide bonds. The molecule has 0 bridgehead atoms. The predicted octanol–water partition coefficient (Wildman–Crippen LogP) is 4.04. The standard InChI is InChI=1S/C23H26FNO3/c1-17(14-18-6-5-9-20(24)16-18)15-21(26)25-12-10-23(11-13-25,22(27)28)19-7-3-2-4-8-19/h2-9,16-17H,10-15H2,1H3,(H,27,28). The smallest absolute Gasteiger partial charge is 0.314 e. The number of rotatable bonds is 6. The Hall–Kier alpha value is -2.69. The summed E-state index contributed by atoms with van der Waals surface area (Å²) in [5.74, 6) is -0.964. The first-order valence-electron chi connectivity index (χ1n) is 9.72. The monoisotopic (exact) mass is 383 g/mol. The molecule has 28 heavy (non-hydrogen) atoms. The molecule has 1 fully saturated rings.